The predicted molar refractivity (Wildman–Crippen MR) is 99.4 cm³/mol. The summed E-state index contributed by atoms with van der Waals surface area (Å²) in [5.41, 5.74) is 0.609. The third kappa shape index (κ3) is 3.68. The van der Waals surface area contributed by atoms with Gasteiger partial charge in [0.25, 0.3) is 15.9 Å². The number of hydrogen-bond acceptors (Lipinski definition) is 4. The van der Waals surface area contributed by atoms with Crippen molar-refractivity contribution in [3.05, 3.63) is 59.9 Å². The fourth-order valence-corrected chi connectivity index (χ4v) is 4.84. The topological polar surface area (TPSA) is 78.5 Å². The third-order valence-electron chi connectivity index (χ3n) is 5.16. The Hall–Kier alpha value is -2.45. The van der Waals surface area contributed by atoms with Gasteiger partial charge in [-0.05, 0) is 54.3 Å². The van der Waals surface area contributed by atoms with E-state index >= 15 is 0 Å². The van der Waals surface area contributed by atoms with Gasteiger partial charge in [-0.1, -0.05) is 6.07 Å². The van der Waals surface area contributed by atoms with Crippen molar-refractivity contribution in [3.63, 3.8) is 0 Å². The molecule has 0 unspecified atom stereocenters. The second-order valence-corrected chi connectivity index (χ2v) is 8.71. The minimum Gasteiger partial charge on any atom is -0.338 e. The summed E-state index contributed by atoms with van der Waals surface area (Å²) < 4.78 is 40.6. The molecule has 0 spiro atoms. The zero-order valence-electron chi connectivity index (χ0n) is 14.6. The third-order valence-corrected chi connectivity index (χ3v) is 6.54. The number of likely N-dealkylation sites (tertiary alicyclic amines) is 1. The van der Waals surface area contributed by atoms with Gasteiger partial charge in [0.1, 0.15) is 5.82 Å². The molecule has 4 rings (SSSR count). The predicted octanol–water partition coefficient (Wildman–Crippen LogP) is 1.92. The van der Waals surface area contributed by atoms with Gasteiger partial charge in [0.15, 0.2) is 0 Å². The Morgan fingerprint density at radius 1 is 1.07 bits per heavy atom. The van der Waals surface area contributed by atoms with Crippen molar-refractivity contribution in [1.82, 2.24) is 10.2 Å². The van der Waals surface area contributed by atoms with E-state index in [2.05, 4.69) is 10.0 Å². The molecule has 0 aliphatic carbocycles. The van der Waals surface area contributed by atoms with E-state index in [-0.39, 0.29) is 16.5 Å². The van der Waals surface area contributed by atoms with Crippen molar-refractivity contribution < 1.29 is 17.6 Å². The summed E-state index contributed by atoms with van der Waals surface area (Å²) in [4.78, 5) is 14.6. The molecule has 0 radical (unpaired) electrons. The number of fused-ring (bicyclic) bond motifs is 1. The first kappa shape index (κ1) is 17.9. The Bertz CT molecular complexity index is 950. The summed E-state index contributed by atoms with van der Waals surface area (Å²) in [6.07, 6.45) is 0. The number of hydrogen-bond donors (Lipinski definition) is 2. The minimum atomic E-state index is -3.87. The van der Waals surface area contributed by atoms with E-state index in [1.165, 1.54) is 36.4 Å². The Balaban J connectivity index is 1.53. The maximum absolute atomic E-state index is 13.0. The average Bonchev–Trinajstić information content (AvgIpc) is 3.25. The molecule has 2 N–H and O–H groups in total. The van der Waals surface area contributed by atoms with E-state index in [0.717, 1.165) is 13.1 Å². The van der Waals surface area contributed by atoms with Crippen molar-refractivity contribution in [2.75, 3.05) is 30.9 Å². The van der Waals surface area contributed by atoms with Crippen LogP contribution in [0.5, 0.6) is 0 Å². The molecular formula is C19H20FN3O3S. The van der Waals surface area contributed by atoms with E-state index in [0.29, 0.717) is 30.5 Å². The molecule has 142 valence electrons. The van der Waals surface area contributed by atoms with Crippen LogP contribution in [0.4, 0.5) is 10.1 Å². The lowest BCUT2D eigenvalue weighted by Crippen LogP contribution is -2.32. The first-order valence-corrected chi connectivity index (χ1v) is 10.3. The molecule has 2 aliphatic rings. The molecular weight excluding hydrogens is 369 g/mol. The van der Waals surface area contributed by atoms with Gasteiger partial charge in [0.2, 0.25) is 0 Å². The molecule has 2 fully saturated rings. The van der Waals surface area contributed by atoms with Gasteiger partial charge < -0.3 is 10.2 Å². The fraction of sp³-hybridized carbons (Fsp3) is 0.316. The number of nitrogens with zero attached hydrogens (tertiary/aromatic N) is 1. The fourth-order valence-electron chi connectivity index (χ4n) is 3.73. The summed E-state index contributed by atoms with van der Waals surface area (Å²) in [6, 6.07) is 11.1. The molecule has 8 heteroatoms. The number of anilines is 1. The molecule has 1 amide bonds. The van der Waals surface area contributed by atoms with E-state index in [1.54, 1.807) is 17.0 Å². The largest absolute Gasteiger partial charge is 0.338 e. The second-order valence-electron chi connectivity index (χ2n) is 7.03. The number of benzene rings is 2. The summed E-state index contributed by atoms with van der Waals surface area (Å²) in [5, 5.41) is 3.33. The number of nitrogens with one attached hydrogen (secondary N) is 2. The second kappa shape index (κ2) is 6.94. The van der Waals surface area contributed by atoms with E-state index < -0.39 is 15.8 Å². The SMILES string of the molecule is O=C(c1cccc(S(=O)(=O)Nc2ccc(F)cc2)c1)N1C[C@H]2CNC[C@H]2C1. The standard InChI is InChI=1S/C19H20FN3O3S/c20-16-4-6-17(7-5-16)22-27(25,26)18-3-1-2-13(8-18)19(24)23-11-14-9-21-10-15(14)12-23/h1-8,14-15,21-22H,9-12H2/t14-,15+. The van der Waals surface area contributed by atoms with Crippen LogP contribution in [-0.4, -0.2) is 45.4 Å². The van der Waals surface area contributed by atoms with Crippen molar-refractivity contribution in [1.29, 1.82) is 0 Å². The Labute approximate surface area is 157 Å². The molecule has 27 heavy (non-hydrogen) atoms. The summed E-state index contributed by atoms with van der Waals surface area (Å²) in [7, 11) is -3.87. The number of carbonyl (C=O) groups excluding carboxylic acids is 1. The molecule has 2 atom stereocenters. The first-order valence-electron chi connectivity index (χ1n) is 8.81. The van der Waals surface area contributed by atoms with Crippen LogP contribution in [-0.2, 0) is 10.0 Å². The van der Waals surface area contributed by atoms with Crippen LogP contribution in [0.15, 0.2) is 53.4 Å². The van der Waals surface area contributed by atoms with Gasteiger partial charge in [-0.25, -0.2) is 12.8 Å². The van der Waals surface area contributed by atoms with Crippen LogP contribution in [0.1, 0.15) is 10.4 Å². The van der Waals surface area contributed by atoms with Crippen LogP contribution in [0, 0.1) is 17.7 Å². The van der Waals surface area contributed by atoms with Crippen LogP contribution < -0.4 is 10.0 Å². The van der Waals surface area contributed by atoms with Gasteiger partial charge in [-0.3, -0.25) is 9.52 Å². The molecule has 0 bridgehead atoms. The molecule has 2 aromatic carbocycles. The van der Waals surface area contributed by atoms with Gasteiger partial charge in [0, 0.05) is 37.4 Å². The summed E-state index contributed by atoms with van der Waals surface area (Å²) in [6.45, 7) is 3.23. The quantitative estimate of drug-likeness (QED) is 0.838. The van der Waals surface area contributed by atoms with Crippen LogP contribution >= 0.6 is 0 Å². The summed E-state index contributed by atoms with van der Waals surface area (Å²) in [5.74, 6) is 0.348. The zero-order valence-corrected chi connectivity index (χ0v) is 15.4. The smallest absolute Gasteiger partial charge is 0.261 e. The maximum atomic E-state index is 13.0. The van der Waals surface area contributed by atoms with Crippen molar-refractivity contribution in [3.8, 4) is 0 Å². The highest BCUT2D eigenvalue weighted by atomic mass is 32.2. The van der Waals surface area contributed by atoms with Crippen molar-refractivity contribution >= 4 is 21.6 Å². The average molecular weight is 389 g/mol. The summed E-state index contributed by atoms with van der Waals surface area (Å²) >= 11 is 0. The van der Waals surface area contributed by atoms with E-state index in [4.69, 9.17) is 0 Å². The highest BCUT2D eigenvalue weighted by Crippen LogP contribution is 2.28. The van der Waals surface area contributed by atoms with Crippen molar-refractivity contribution in [2.24, 2.45) is 11.8 Å². The Kier molecular flexibility index (Phi) is 4.61. The molecule has 2 aromatic rings. The zero-order chi connectivity index (χ0) is 19.0. The first-order chi connectivity index (χ1) is 12.9. The maximum Gasteiger partial charge on any atom is 0.261 e. The number of halogens is 1. The monoisotopic (exact) mass is 389 g/mol. The molecule has 2 saturated heterocycles. The van der Waals surface area contributed by atoms with E-state index in [1.807, 2.05) is 0 Å². The minimum absolute atomic E-state index is 0.00117. The molecule has 0 aromatic heterocycles. The Morgan fingerprint density at radius 3 is 2.41 bits per heavy atom. The molecule has 6 nitrogen and oxygen atoms in total. The number of amides is 1. The normalized spacial score (nSPS) is 21.9. The number of sulfonamides is 1. The van der Waals surface area contributed by atoms with Gasteiger partial charge in [0.05, 0.1) is 4.90 Å². The van der Waals surface area contributed by atoms with Crippen LogP contribution in [0.25, 0.3) is 0 Å². The van der Waals surface area contributed by atoms with Gasteiger partial charge in [-0.15, -0.1) is 0 Å². The van der Waals surface area contributed by atoms with E-state index in [9.17, 15) is 17.6 Å². The lowest BCUT2D eigenvalue weighted by molar-refractivity contribution is 0.0781. The van der Waals surface area contributed by atoms with Crippen molar-refractivity contribution in [2.45, 2.75) is 4.90 Å². The lowest BCUT2D eigenvalue weighted by atomic mass is 10.0. The Morgan fingerprint density at radius 2 is 1.74 bits per heavy atom. The lowest BCUT2D eigenvalue weighted by Gasteiger charge is -2.18. The molecule has 2 heterocycles. The highest BCUT2D eigenvalue weighted by Gasteiger charge is 2.38. The molecule has 2 aliphatic heterocycles. The number of rotatable bonds is 4. The molecule has 0 saturated carbocycles. The van der Waals surface area contributed by atoms with Crippen LogP contribution in [0.2, 0.25) is 0 Å². The highest BCUT2D eigenvalue weighted by molar-refractivity contribution is 7.92. The number of carbonyl (C=O) groups is 1. The van der Waals surface area contributed by atoms with Crippen LogP contribution in [0.3, 0.4) is 0 Å². The van der Waals surface area contributed by atoms with Gasteiger partial charge in [-0.2, -0.15) is 0 Å². The van der Waals surface area contributed by atoms with Gasteiger partial charge >= 0.3 is 0 Å².